The maximum atomic E-state index is 12.8. The number of amides is 1. The summed E-state index contributed by atoms with van der Waals surface area (Å²) in [7, 11) is 0. The van der Waals surface area contributed by atoms with Gasteiger partial charge in [0, 0.05) is 19.0 Å². The van der Waals surface area contributed by atoms with Crippen molar-refractivity contribution in [1.82, 2.24) is 14.9 Å². The molecule has 0 radical (unpaired) electrons. The average molecular weight is 308 g/mol. The van der Waals surface area contributed by atoms with E-state index in [0.29, 0.717) is 28.4 Å². The molecule has 0 spiro atoms. The molecule has 0 N–H and O–H groups in total. The van der Waals surface area contributed by atoms with Gasteiger partial charge in [0.25, 0.3) is 5.91 Å². The Balaban J connectivity index is 1.81. The molecule has 114 valence electrons. The van der Waals surface area contributed by atoms with Crippen LogP contribution in [0.15, 0.2) is 6.20 Å². The molecule has 1 aromatic rings. The van der Waals surface area contributed by atoms with Crippen LogP contribution in [0.2, 0.25) is 5.02 Å². The molecule has 0 saturated heterocycles. The number of hydrogen-bond acceptors (Lipinski definition) is 3. The second kappa shape index (κ2) is 5.91. The van der Waals surface area contributed by atoms with Gasteiger partial charge in [0.2, 0.25) is 0 Å². The first-order valence-electron chi connectivity index (χ1n) is 7.86. The summed E-state index contributed by atoms with van der Waals surface area (Å²) in [6.45, 7) is 5.74. The van der Waals surface area contributed by atoms with Crippen LogP contribution in [-0.2, 0) is 0 Å². The maximum absolute atomic E-state index is 12.8. The highest BCUT2D eigenvalue weighted by molar-refractivity contribution is 6.33. The van der Waals surface area contributed by atoms with Gasteiger partial charge in [-0.1, -0.05) is 25.4 Å². The van der Waals surface area contributed by atoms with Crippen LogP contribution in [0.4, 0.5) is 0 Å². The number of aromatic nitrogens is 2. The Morgan fingerprint density at radius 1 is 1.29 bits per heavy atom. The molecular formula is C16H22ClN3O. The standard InChI is InChI=1S/C16H22ClN3O/c1-10(2)15-18-7-13(17)14(19-15)16(21)20(8-11-3-4-11)9-12-5-6-12/h7,10-12H,3-6,8-9H2,1-2H3. The van der Waals surface area contributed by atoms with Gasteiger partial charge in [-0.25, -0.2) is 9.97 Å². The number of carbonyl (C=O) groups excluding carboxylic acids is 1. The van der Waals surface area contributed by atoms with Crippen molar-refractivity contribution in [2.45, 2.75) is 45.4 Å². The normalized spacial score (nSPS) is 18.1. The third-order valence-corrected chi connectivity index (χ3v) is 4.40. The van der Waals surface area contributed by atoms with Gasteiger partial charge < -0.3 is 4.90 Å². The SMILES string of the molecule is CC(C)c1ncc(Cl)c(C(=O)N(CC2CC2)CC2CC2)n1. The lowest BCUT2D eigenvalue weighted by Crippen LogP contribution is -2.35. The molecule has 0 unspecified atom stereocenters. The highest BCUT2D eigenvalue weighted by atomic mass is 35.5. The topological polar surface area (TPSA) is 46.1 Å². The molecule has 2 aliphatic rings. The van der Waals surface area contributed by atoms with E-state index in [1.807, 2.05) is 18.7 Å². The van der Waals surface area contributed by atoms with Crippen LogP contribution in [0.5, 0.6) is 0 Å². The molecule has 0 atom stereocenters. The van der Waals surface area contributed by atoms with Gasteiger partial charge in [0.05, 0.1) is 11.2 Å². The molecule has 2 aliphatic carbocycles. The second-order valence-electron chi connectivity index (χ2n) is 6.68. The summed E-state index contributed by atoms with van der Waals surface area (Å²) in [5, 5.41) is 0.362. The molecule has 0 aliphatic heterocycles. The van der Waals surface area contributed by atoms with Gasteiger partial charge in [0.1, 0.15) is 5.82 Å². The summed E-state index contributed by atoms with van der Waals surface area (Å²) < 4.78 is 0. The molecule has 4 nitrogen and oxygen atoms in total. The zero-order chi connectivity index (χ0) is 15.0. The fourth-order valence-corrected chi connectivity index (χ4v) is 2.60. The highest BCUT2D eigenvalue weighted by Gasteiger charge is 2.33. The Bertz CT molecular complexity index is 524. The molecule has 1 amide bonds. The average Bonchev–Trinajstić information content (AvgIpc) is 3.32. The second-order valence-corrected chi connectivity index (χ2v) is 7.08. The Kier molecular flexibility index (Phi) is 4.16. The molecule has 0 aromatic carbocycles. The van der Waals surface area contributed by atoms with Crippen molar-refractivity contribution >= 4 is 17.5 Å². The first kappa shape index (κ1) is 14.8. The van der Waals surface area contributed by atoms with Crippen molar-refractivity contribution in [2.24, 2.45) is 11.8 Å². The Hall–Kier alpha value is -1.16. The molecule has 3 rings (SSSR count). The van der Waals surface area contributed by atoms with E-state index < -0.39 is 0 Å². The number of hydrogen-bond donors (Lipinski definition) is 0. The monoisotopic (exact) mass is 307 g/mol. The third kappa shape index (κ3) is 3.73. The largest absolute Gasteiger partial charge is 0.337 e. The summed E-state index contributed by atoms with van der Waals surface area (Å²) in [6, 6.07) is 0. The molecule has 2 saturated carbocycles. The number of halogens is 1. The van der Waals surface area contributed by atoms with Gasteiger partial charge in [-0.2, -0.15) is 0 Å². The van der Waals surface area contributed by atoms with E-state index >= 15 is 0 Å². The first-order valence-corrected chi connectivity index (χ1v) is 8.24. The predicted octanol–water partition coefficient (Wildman–Crippen LogP) is 3.52. The lowest BCUT2D eigenvalue weighted by atomic mass is 10.2. The summed E-state index contributed by atoms with van der Waals surface area (Å²) in [5.41, 5.74) is 0.372. The van der Waals surface area contributed by atoms with Crippen LogP contribution in [0.1, 0.15) is 61.8 Å². The molecule has 2 fully saturated rings. The minimum absolute atomic E-state index is 0.0249. The molecular weight excluding hydrogens is 286 g/mol. The number of rotatable bonds is 6. The summed E-state index contributed by atoms with van der Waals surface area (Å²) >= 11 is 6.17. The van der Waals surface area contributed by atoms with Crippen molar-refractivity contribution in [2.75, 3.05) is 13.1 Å². The van der Waals surface area contributed by atoms with Gasteiger partial charge in [-0.15, -0.1) is 0 Å². The van der Waals surface area contributed by atoms with Crippen LogP contribution in [0.3, 0.4) is 0 Å². The van der Waals surface area contributed by atoms with Crippen molar-refractivity contribution in [1.29, 1.82) is 0 Å². The van der Waals surface area contributed by atoms with E-state index in [2.05, 4.69) is 9.97 Å². The van der Waals surface area contributed by atoms with Gasteiger partial charge in [-0.3, -0.25) is 4.79 Å². The van der Waals surface area contributed by atoms with Gasteiger partial charge in [-0.05, 0) is 37.5 Å². The summed E-state index contributed by atoms with van der Waals surface area (Å²) in [4.78, 5) is 23.4. The van der Waals surface area contributed by atoms with Crippen LogP contribution >= 0.6 is 11.6 Å². The van der Waals surface area contributed by atoms with E-state index in [9.17, 15) is 4.79 Å². The zero-order valence-electron chi connectivity index (χ0n) is 12.7. The van der Waals surface area contributed by atoms with E-state index in [1.54, 1.807) is 6.20 Å². The summed E-state index contributed by atoms with van der Waals surface area (Å²) in [5.74, 6) is 2.20. The van der Waals surface area contributed by atoms with Crippen molar-refractivity contribution < 1.29 is 4.79 Å². The van der Waals surface area contributed by atoms with Gasteiger partial charge in [0.15, 0.2) is 5.69 Å². The fraction of sp³-hybridized carbons (Fsp3) is 0.688. The van der Waals surface area contributed by atoms with E-state index in [0.717, 1.165) is 13.1 Å². The third-order valence-electron chi connectivity index (χ3n) is 4.12. The Morgan fingerprint density at radius 3 is 2.33 bits per heavy atom. The van der Waals surface area contributed by atoms with Crippen LogP contribution in [-0.4, -0.2) is 33.9 Å². The number of nitrogens with zero attached hydrogens (tertiary/aromatic N) is 3. The zero-order valence-corrected chi connectivity index (χ0v) is 13.4. The van der Waals surface area contributed by atoms with Gasteiger partial charge >= 0.3 is 0 Å². The smallest absolute Gasteiger partial charge is 0.274 e. The van der Waals surface area contributed by atoms with Crippen LogP contribution < -0.4 is 0 Å². The fourth-order valence-electron chi connectivity index (χ4n) is 2.42. The summed E-state index contributed by atoms with van der Waals surface area (Å²) in [6.07, 6.45) is 6.52. The molecule has 1 heterocycles. The maximum Gasteiger partial charge on any atom is 0.274 e. The van der Waals surface area contributed by atoms with E-state index in [1.165, 1.54) is 25.7 Å². The van der Waals surface area contributed by atoms with E-state index in [4.69, 9.17) is 11.6 Å². The van der Waals surface area contributed by atoms with Crippen LogP contribution in [0, 0.1) is 11.8 Å². The molecule has 0 bridgehead atoms. The number of carbonyl (C=O) groups is 1. The quantitative estimate of drug-likeness (QED) is 0.808. The Labute approximate surface area is 130 Å². The predicted molar refractivity (Wildman–Crippen MR) is 82.5 cm³/mol. The molecule has 21 heavy (non-hydrogen) atoms. The molecule has 1 aromatic heterocycles. The van der Waals surface area contributed by atoms with Crippen molar-refractivity contribution in [3.05, 3.63) is 22.7 Å². The minimum Gasteiger partial charge on any atom is -0.337 e. The van der Waals surface area contributed by atoms with E-state index in [-0.39, 0.29) is 11.8 Å². The van der Waals surface area contributed by atoms with Crippen molar-refractivity contribution in [3.8, 4) is 0 Å². The van der Waals surface area contributed by atoms with Crippen molar-refractivity contribution in [3.63, 3.8) is 0 Å². The minimum atomic E-state index is -0.0249. The highest BCUT2D eigenvalue weighted by Crippen LogP contribution is 2.34. The molecule has 5 heteroatoms. The Morgan fingerprint density at radius 2 is 1.86 bits per heavy atom. The lowest BCUT2D eigenvalue weighted by molar-refractivity contribution is 0.0733. The lowest BCUT2D eigenvalue weighted by Gasteiger charge is -2.23. The van der Waals surface area contributed by atoms with Crippen LogP contribution in [0.25, 0.3) is 0 Å². The first-order chi connectivity index (χ1) is 10.0.